The lowest BCUT2D eigenvalue weighted by Crippen LogP contribution is -2.33. The van der Waals surface area contributed by atoms with Crippen molar-refractivity contribution in [1.29, 1.82) is 0 Å². The number of benzene rings is 4. The molecule has 1 N–H and O–H groups in total. The second kappa shape index (κ2) is 8.95. The van der Waals surface area contributed by atoms with Crippen molar-refractivity contribution in [3.05, 3.63) is 107 Å². The number of fused-ring (bicyclic) bond motifs is 6. The zero-order valence-electron chi connectivity index (χ0n) is 20.1. The van der Waals surface area contributed by atoms with Gasteiger partial charge in [-0.1, -0.05) is 78.9 Å². The Morgan fingerprint density at radius 2 is 1.46 bits per heavy atom. The summed E-state index contributed by atoms with van der Waals surface area (Å²) in [5.41, 5.74) is 6.10. The topological polar surface area (TPSA) is 47.6 Å². The van der Waals surface area contributed by atoms with Crippen LogP contribution in [-0.2, 0) is 20.0 Å². The van der Waals surface area contributed by atoms with E-state index in [0.717, 1.165) is 12.1 Å². The van der Waals surface area contributed by atoms with E-state index in [-0.39, 0.29) is 12.0 Å². The Morgan fingerprint density at radius 1 is 0.800 bits per heavy atom. The highest BCUT2D eigenvalue weighted by atomic mass is 31.2. The summed E-state index contributed by atoms with van der Waals surface area (Å²) in [6.07, 6.45) is 1.000. The van der Waals surface area contributed by atoms with Gasteiger partial charge in [0.1, 0.15) is 0 Å². The average molecular weight is 484 g/mol. The highest BCUT2D eigenvalue weighted by Crippen LogP contribution is 2.57. The maximum atomic E-state index is 14.0. The van der Waals surface area contributed by atoms with Crippen molar-refractivity contribution in [2.75, 3.05) is 18.5 Å². The van der Waals surface area contributed by atoms with Gasteiger partial charge in [-0.05, 0) is 65.3 Å². The molecule has 0 amide bonds. The maximum Gasteiger partial charge on any atom is 0.363 e. The molecule has 0 saturated heterocycles. The Bertz CT molecular complexity index is 1430. The van der Waals surface area contributed by atoms with Gasteiger partial charge in [-0.25, -0.2) is 0 Å². The summed E-state index contributed by atoms with van der Waals surface area (Å²) in [7, 11) is -3.48. The Balaban J connectivity index is 1.59. The quantitative estimate of drug-likeness (QED) is 0.295. The largest absolute Gasteiger partial charge is 0.377 e. The third kappa shape index (κ3) is 3.63. The molecule has 0 aromatic heterocycles. The van der Waals surface area contributed by atoms with E-state index in [0.29, 0.717) is 24.4 Å². The van der Waals surface area contributed by atoms with Crippen molar-refractivity contribution in [1.82, 2.24) is 0 Å². The SMILES string of the molecule is CCOP(=O)(OCC)c1cccc2c1N[C@H](c1cccc3ccccc13)[C@@H]1Cc3ccccc3[C@H]21. The van der Waals surface area contributed by atoms with Crippen molar-refractivity contribution in [3.63, 3.8) is 0 Å². The zero-order valence-corrected chi connectivity index (χ0v) is 21.0. The van der Waals surface area contributed by atoms with Crippen LogP contribution in [0.15, 0.2) is 84.9 Å². The minimum atomic E-state index is -3.48. The monoisotopic (exact) mass is 483 g/mol. The number of para-hydroxylation sites is 1. The molecule has 1 aliphatic heterocycles. The van der Waals surface area contributed by atoms with Gasteiger partial charge in [0.2, 0.25) is 0 Å². The molecule has 0 bridgehead atoms. The molecule has 0 radical (unpaired) electrons. The van der Waals surface area contributed by atoms with Crippen LogP contribution in [0.4, 0.5) is 5.69 Å². The van der Waals surface area contributed by atoms with Crippen LogP contribution >= 0.6 is 7.60 Å². The lowest BCUT2D eigenvalue weighted by molar-refractivity contribution is 0.230. The lowest BCUT2D eigenvalue weighted by atomic mass is 9.75. The van der Waals surface area contributed by atoms with Crippen molar-refractivity contribution in [3.8, 4) is 0 Å². The summed E-state index contributed by atoms with van der Waals surface area (Å²) in [5, 5.41) is 6.98. The second-order valence-corrected chi connectivity index (χ2v) is 11.3. The minimum Gasteiger partial charge on any atom is -0.377 e. The standard InChI is InChI=1S/C30H30NO3P/c1-3-33-35(32,34-4-2)27-18-10-17-25-28-23-15-8-6-12-21(23)19-26(28)29(31-30(25)27)24-16-9-13-20-11-5-7-14-22(20)24/h5-18,26,28-29,31H,3-4,19H2,1-2H3/t26-,28-,29-/m1/s1. The Kier molecular flexibility index (Phi) is 5.76. The normalized spacial score (nSPS) is 20.7. The van der Waals surface area contributed by atoms with E-state index in [9.17, 15) is 4.57 Å². The molecule has 6 rings (SSSR count). The molecule has 4 nitrogen and oxygen atoms in total. The van der Waals surface area contributed by atoms with Crippen LogP contribution in [0.2, 0.25) is 0 Å². The fourth-order valence-corrected chi connectivity index (χ4v) is 7.91. The fourth-order valence-electron chi connectivity index (χ4n) is 6.15. The Hall–Kier alpha value is -2.91. The Labute approximate surface area is 206 Å². The highest BCUT2D eigenvalue weighted by molar-refractivity contribution is 7.62. The van der Waals surface area contributed by atoms with E-state index in [2.05, 4.69) is 78.1 Å². The van der Waals surface area contributed by atoms with Crippen molar-refractivity contribution in [2.24, 2.45) is 5.92 Å². The van der Waals surface area contributed by atoms with E-state index >= 15 is 0 Å². The van der Waals surface area contributed by atoms with Gasteiger partial charge in [0.15, 0.2) is 0 Å². The molecular weight excluding hydrogens is 453 g/mol. The minimum absolute atomic E-state index is 0.0591. The van der Waals surface area contributed by atoms with Gasteiger partial charge in [0, 0.05) is 5.92 Å². The van der Waals surface area contributed by atoms with Gasteiger partial charge in [-0.2, -0.15) is 0 Å². The number of nitrogens with one attached hydrogen (secondary N) is 1. The highest BCUT2D eigenvalue weighted by Gasteiger charge is 2.46. The third-order valence-electron chi connectivity index (χ3n) is 7.46. The first-order valence-electron chi connectivity index (χ1n) is 12.5. The molecular formula is C30H30NO3P. The van der Waals surface area contributed by atoms with Crippen LogP contribution in [0, 0.1) is 5.92 Å². The van der Waals surface area contributed by atoms with Gasteiger partial charge in [-0.15, -0.1) is 0 Å². The van der Waals surface area contributed by atoms with E-state index < -0.39 is 7.60 Å². The smallest absolute Gasteiger partial charge is 0.363 e. The molecule has 3 atom stereocenters. The van der Waals surface area contributed by atoms with Crippen molar-refractivity contribution < 1.29 is 13.6 Å². The molecule has 0 unspecified atom stereocenters. The van der Waals surface area contributed by atoms with Gasteiger partial charge >= 0.3 is 7.60 Å². The maximum absolute atomic E-state index is 14.0. The third-order valence-corrected chi connectivity index (χ3v) is 9.62. The molecule has 1 aliphatic carbocycles. The molecule has 5 heteroatoms. The van der Waals surface area contributed by atoms with Crippen LogP contribution in [0.5, 0.6) is 0 Å². The number of hydrogen-bond donors (Lipinski definition) is 1. The number of hydrogen-bond acceptors (Lipinski definition) is 4. The number of rotatable bonds is 6. The molecule has 0 saturated carbocycles. The van der Waals surface area contributed by atoms with Crippen LogP contribution in [0.25, 0.3) is 10.8 Å². The zero-order chi connectivity index (χ0) is 24.0. The summed E-state index contributed by atoms with van der Waals surface area (Å²) < 4.78 is 25.6. The van der Waals surface area contributed by atoms with E-state index in [1.807, 2.05) is 26.0 Å². The van der Waals surface area contributed by atoms with E-state index in [1.54, 1.807) is 0 Å². The van der Waals surface area contributed by atoms with E-state index in [1.165, 1.54) is 33.0 Å². The number of anilines is 1. The van der Waals surface area contributed by atoms with Gasteiger partial charge in [-0.3, -0.25) is 4.57 Å². The molecule has 4 aromatic rings. The first-order valence-corrected chi connectivity index (χ1v) is 14.0. The predicted octanol–water partition coefficient (Wildman–Crippen LogP) is 7.20. The second-order valence-electron chi connectivity index (χ2n) is 9.31. The molecule has 1 heterocycles. The predicted molar refractivity (Wildman–Crippen MR) is 143 cm³/mol. The van der Waals surface area contributed by atoms with E-state index in [4.69, 9.17) is 9.05 Å². The molecule has 2 aliphatic rings. The summed E-state index contributed by atoms with van der Waals surface area (Å²) in [5.74, 6) is 0.558. The molecule has 178 valence electrons. The lowest BCUT2D eigenvalue weighted by Gasteiger charge is -2.39. The summed E-state index contributed by atoms with van der Waals surface area (Å²) in [4.78, 5) is 0. The Morgan fingerprint density at radius 3 is 2.29 bits per heavy atom. The van der Waals surface area contributed by atoms with Gasteiger partial charge in [0.05, 0.1) is 30.2 Å². The molecule has 4 aromatic carbocycles. The van der Waals surface area contributed by atoms with Crippen LogP contribution < -0.4 is 10.6 Å². The van der Waals surface area contributed by atoms with Gasteiger partial charge < -0.3 is 14.4 Å². The fraction of sp³-hybridized carbons (Fsp3) is 0.267. The summed E-state index contributed by atoms with van der Waals surface area (Å²) >= 11 is 0. The molecule has 35 heavy (non-hydrogen) atoms. The molecule has 0 fully saturated rings. The van der Waals surface area contributed by atoms with Crippen molar-refractivity contribution >= 4 is 29.4 Å². The first kappa shape index (κ1) is 22.5. The van der Waals surface area contributed by atoms with Gasteiger partial charge in [0.25, 0.3) is 0 Å². The average Bonchev–Trinajstić information content (AvgIpc) is 3.28. The summed E-state index contributed by atoms with van der Waals surface area (Å²) in [6, 6.07) is 30.0. The summed E-state index contributed by atoms with van der Waals surface area (Å²) in [6.45, 7) is 4.36. The first-order chi connectivity index (χ1) is 17.1. The van der Waals surface area contributed by atoms with Crippen LogP contribution in [0.1, 0.15) is 48.1 Å². The van der Waals surface area contributed by atoms with Crippen LogP contribution in [0.3, 0.4) is 0 Å². The molecule has 0 spiro atoms. The van der Waals surface area contributed by atoms with Crippen molar-refractivity contribution in [2.45, 2.75) is 32.2 Å². The van der Waals surface area contributed by atoms with Crippen LogP contribution in [-0.4, -0.2) is 13.2 Å².